The van der Waals surface area contributed by atoms with E-state index < -0.39 is 79.2 Å². The second kappa shape index (κ2) is 12.1. The lowest BCUT2D eigenvalue weighted by Crippen LogP contribution is -2.60. The number of allylic oxidation sites excluding steroid dienone is 3. The van der Waals surface area contributed by atoms with Crippen LogP contribution in [0.25, 0.3) is 0 Å². The molecule has 1 saturated heterocycles. The Balaban J connectivity index is 1.67. The van der Waals surface area contributed by atoms with Crippen molar-refractivity contribution in [3.05, 3.63) is 36.0 Å². The standard InChI is InChI=1S/C33H50N4O8S/c1-10-21-16-33(21,28(40)36-46(43,44)22-13-14-22)35-26(38)24-17-32(42,23-15-19(2)11-12-20(23)3)18-37(24)27(39)25(30(4,5)6)34-29(41)45-31(7,8)9/h10-12,21-25,42H,1,13-18H2,2-9H3,(H,34,41)(H,35,38)(H,36,40)/t21-,23?,24+,25-,32+,33-/m1/s1. The molecule has 4 aliphatic rings. The number of hydrogen-bond acceptors (Lipinski definition) is 8. The summed E-state index contributed by atoms with van der Waals surface area (Å²) in [5.41, 5.74) is -2.78. The molecule has 4 amide bonds. The van der Waals surface area contributed by atoms with Crippen LogP contribution in [0.15, 0.2) is 36.0 Å². The Morgan fingerprint density at radius 2 is 1.72 bits per heavy atom. The first-order valence-corrected chi connectivity index (χ1v) is 17.4. The summed E-state index contributed by atoms with van der Waals surface area (Å²) in [5.74, 6) is -3.06. The fraction of sp³-hybridized carbons (Fsp3) is 0.697. The van der Waals surface area contributed by atoms with Crippen LogP contribution < -0.4 is 15.4 Å². The smallest absolute Gasteiger partial charge is 0.408 e. The van der Waals surface area contributed by atoms with E-state index in [4.69, 9.17) is 4.74 Å². The van der Waals surface area contributed by atoms with Gasteiger partial charge >= 0.3 is 6.09 Å². The predicted octanol–water partition coefficient (Wildman–Crippen LogP) is 2.84. The van der Waals surface area contributed by atoms with Crippen LogP contribution in [0.2, 0.25) is 0 Å². The van der Waals surface area contributed by atoms with E-state index in [9.17, 15) is 32.7 Å². The number of carbonyl (C=O) groups excluding carboxylic acids is 4. The molecule has 46 heavy (non-hydrogen) atoms. The van der Waals surface area contributed by atoms with E-state index in [0.29, 0.717) is 19.3 Å². The third-order valence-electron chi connectivity index (χ3n) is 9.33. The molecule has 0 aromatic carbocycles. The van der Waals surface area contributed by atoms with Gasteiger partial charge < -0.3 is 25.4 Å². The van der Waals surface area contributed by atoms with Gasteiger partial charge in [0.2, 0.25) is 21.8 Å². The van der Waals surface area contributed by atoms with Crippen LogP contribution in [-0.4, -0.2) is 82.9 Å². The van der Waals surface area contributed by atoms with Gasteiger partial charge in [-0.25, -0.2) is 13.2 Å². The fourth-order valence-corrected chi connectivity index (χ4v) is 7.81. The average molecular weight is 663 g/mol. The number of ether oxygens (including phenoxy) is 1. The molecule has 13 heteroatoms. The lowest BCUT2D eigenvalue weighted by Gasteiger charge is -2.37. The number of rotatable bonds is 9. The van der Waals surface area contributed by atoms with Crippen molar-refractivity contribution < 1.29 is 37.4 Å². The molecule has 2 saturated carbocycles. The molecule has 3 fully saturated rings. The molecular formula is C33H50N4O8S. The molecule has 6 atom stereocenters. The summed E-state index contributed by atoms with van der Waals surface area (Å²) >= 11 is 0. The maximum Gasteiger partial charge on any atom is 0.408 e. The number of alkyl carbamates (subject to hydrolysis) is 1. The Bertz CT molecular complexity index is 1470. The molecular weight excluding hydrogens is 612 g/mol. The van der Waals surface area contributed by atoms with E-state index in [-0.39, 0.29) is 25.3 Å². The van der Waals surface area contributed by atoms with E-state index in [1.165, 1.54) is 11.0 Å². The molecule has 1 aliphatic heterocycles. The maximum atomic E-state index is 14.4. The van der Waals surface area contributed by atoms with Crippen LogP contribution in [0.1, 0.15) is 87.5 Å². The normalized spacial score (nSPS) is 30.4. The Morgan fingerprint density at radius 3 is 2.24 bits per heavy atom. The second-order valence-electron chi connectivity index (χ2n) is 15.6. The van der Waals surface area contributed by atoms with Crippen molar-refractivity contribution in [2.24, 2.45) is 17.3 Å². The number of sulfonamides is 1. The highest BCUT2D eigenvalue weighted by atomic mass is 32.2. The zero-order valence-corrected chi connectivity index (χ0v) is 29.0. The topological polar surface area (TPSA) is 171 Å². The number of carbonyl (C=O) groups is 4. The predicted molar refractivity (Wildman–Crippen MR) is 173 cm³/mol. The van der Waals surface area contributed by atoms with E-state index >= 15 is 0 Å². The molecule has 4 rings (SSSR count). The Kier molecular flexibility index (Phi) is 9.39. The molecule has 0 aromatic heterocycles. The van der Waals surface area contributed by atoms with Gasteiger partial charge in [0.15, 0.2) is 0 Å². The number of likely N-dealkylation sites (tertiary alicyclic amines) is 1. The SMILES string of the molecule is C=C[C@@H]1C[C@]1(NC(=O)[C@@H]1C[C@@](O)(C2CC(C)=CC=C2C)CN1C(=O)[C@@H](NC(=O)OC(C)(C)C)C(C)(C)C)C(=O)NS(=O)(=O)C1CC1. The summed E-state index contributed by atoms with van der Waals surface area (Å²) in [7, 11) is -3.89. The van der Waals surface area contributed by atoms with Crippen LogP contribution in [0.3, 0.4) is 0 Å². The van der Waals surface area contributed by atoms with Crippen molar-refractivity contribution in [3.63, 3.8) is 0 Å². The van der Waals surface area contributed by atoms with Gasteiger partial charge in [-0.15, -0.1) is 6.58 Å². The largest absolute Gasteiger partial charge is 0.444 e. The summed E-state index contributed by atoms with van der Waals surface area (Å²) in [5, 5.41) is 17.0. The second-order valence-corrected chi connectivity index (χ2v) is 17.6. The first-order valence-electron chi connectivity index (χ1n) is 15.9. The van der Waals surface area contributed by atoms with Crippen LogP contribution in [0, 0.1) is 17.3 Å². The van der Waals surface area contributed by atoms with Gasteiger partial charge in [-0.1, -0.05) is 50.1 Å². The number of nitrogens with zero attached hydrogens (tertiary/aromatic N) is 1. The molecule has 1 heterocycles. The van der Waals surface area contributed by atoms with Gasteiger partial charge in [0.05, 0.1) is 17.4 Å². The lowest BCUT2D eigenvalue weighted by molar-refractivity contribution is -0.143. The van der Waals surface area contributed by atoms with Crippen molar-refractivity contribution in [2.45, 2.75) is 122 Å². The number of aliphatic hydroxyl groups is 1. The number of β-amino-alcohol motifs (C(OH)–C–C–N with tert-alkyl or cyclic N) is 1. The lowest BCUT2D eigenvalue weighted by atomic mass is 9.75. The number of hydrogen-bond donors (Lipinski definition) is 4. The van der Waals surface area contributed by atoms with Crippen molar-refractivity contribution >= 4 is 33.8 Å². The van der Waals surface area contributed by atoms with Gasteiger partial charge in [0.1, 0.15) is 23.2 Å². The average Bonchev–Trinajstić information content (AvgIpc) is 3.84. The molecule has 0 spiro atoms. The van der Waals surface area contributed by atoms with Crippen molar-refractivity contribution in [2.75, 3.05) is 6.54 Å². The molecule has 12 nitrogen and oxygen atoms in total. The highest BCUT2D eigenvalue weighted by Crippen LogP contribution is 2.47. The molecule has 1 unspecified atom stereocenters. The number of amides is 4. The quantitative estimate of drug-likeness (QED) is 0.273. The minimum atomic E-state index is -3.89. The molecule has 0 radical (unpaired) electrons. The van der Waals surface area contributed by atoms with Crippen LogP contribution >= 0.6 is 0 Å². The van der Waals surface area contributed by atoms with Gasteiger partial charge in [0, 0.05) is 18.3 Å². The Hall–Kier alpha value is -3.19. The Morgan fingerprint density at radius 1 is 1.09 bits per heavy atom. The first-order chi connectivity index (χ1) is 21.0. The van der Waals surface area contributed by atoms with Crippen LogP contribution in [0.4, 0.5) is 4.79 Å². The monoisotopic (exact) mass is 662 g/mol. The van der Waals surface area contributed by atoms with Gasteiger partial charge in [-0.05, 0) is 65.7 Å². The van der Waals surface area contributed by atoms with Crippen LogP contribution in [-0.2, 0) is 29.1 Å². The zero-order chi connectivity index (χ0) is 34.6. The summed E-state index contributed by atoms with van der Waals surface area (Å²) in [4.78, 5) is 56.1. The summed E-state index contributed by atoms with van der Waals surface area (Å²) in [6.45, 7) is 17.8. The summed E-state index contributed by atoms with van der Waals surface area (Å²) in [6.07, 6.45) is 6.02. The molecule has 0 aromatic rings. The van der Waals surface area contributed by atoms with Gasteiger partial charge in [0.25, 0.3) is 5.91 Å². The third kappa shape index (κ3) is 7.51. The minimum Gasteiger partial charge on any atom is -0.444 e. The Labute approximate surface area is 272 Å². The fourth-order valence-electron chi connectivity index (χ4n) is 6.45. The van der Waals surface area contributed by atoms with Gasteiger partial charge in [-0.2, -0.15) is 0 Å². The molecule has 3 aliphatic carbocycles. The highest BCUT2D eigenvalue weighted by Gasteiger charge is 2.63. The van der Waals surface area contributed by atoms with Gasteiger partial charge in [-0.3, -0.25) is 19.1 Å². The van der Waals surface area contributed by atoms with E-state index in [0.717, 1.165) is 11.1 Å². The summed E-state index contributed by atoms with van der Waals surface area (Å²) in [6, 6.07) is -2.36. The maximum absolute atomic E-state index is 14.4. The van der Waals surface area contributed by atoms with Crippen molar-refractivity contribution in [3.8, 4) is 0 Å². The van der Waals surface area contributed by atoms with Crippen LogP contribution in [0.5, 0.6) is 0 Å². The first kappa shape index (κ1) is 35.7. The van der Waals surface area contributed by atoms with Crippen molar-refractivity contribution in [1.29, 1.82) is 0 Å². The number of nitrogens with one attached hydrogen (secondary N) is 3. The molecule has 256 valence electrons. The van der Waals surface area contributed by atoms with E-state index in [2.05, 4.69) is 21.9 Å². The summed E-state index contributed by atoms with van der Waals surface area (Å²) < 4.78 is 32.8. The van der Waals surface area contributed by atoms with E-state index in [1.807, 2.05) is 26.0 Å². The van der Waals surface area contributed by atoms with E-state index in [1.54, 1.807) is 41.5 Å². The minimum absolute atomic E-state index is 0.131. The zero-order valence-electron chi connectivity index (χ0n) is 28.2. The molecule has 0 bridgehead atoms. The van der Waals surface area contributed by atoms with Crippen molar-refractivity contribution in [1.82, 2.24) is 20.3 Å². The third-order valence-corrected chi connectivity index (χ3v) is 11.1. The highest BCUT2D eigenvalue weighted by molar-refractivity contribution is 7.91. The molecule has 4 N–H and O–H groups in total.